The Bertz CT molecular complexity index is 837. The summed E-state index contributed by atoms with van der Waals surface area (Å²) in [6.07, 6.45) is 3.74. The molecule has 2 aromatic heterocycles. The molecule has 0 spiro atoms. The normalized spacial score (nSPS) is 10.3. The van der Waals surface area contributed by atoms with Crippen molar-refractivity contribution in [2.24, 2.45) is 0 Å². The number of rotatable bonds is 4. The van der Waals surface area contributed by atoms with Crippen LogP contribution in [0.2, 0.25) is 0 Å². The van der Waals surface area contributed by atoms with Gasteiger partial charge in [-0.2, -0.15) is 0 Å². The largest absolute Gasteiger partial charge is 0.494 e. The SMILES string of the molecule is COc1cc(-n2cnnn2)ccc1NC(=O)c1cncc(F)c1. The zero-order valence-electron chi connectivity index (χ0n) is 12.0. The Kier molecular flexibility index (Phi) is 3.91. The summed E-state index contributed by atoms with van der Waals surface area (Å²) in [5.74, 6) is -0.667. The second kappa shape index (κ2) is 6.18. The highest BCUT2D eigenvalue weighted by molar-refractivity contribution is 6.04. The van der Waals surface area contributed by atoms with Gasteiger partial charge in [-0.15, -0.1) is 5.10 Å². The maximum atomic E-state index is 13.1. The van der Waals surface area contributed by atoms with Crippen LogP contribution in [0.4, 0.5) is 10.1 Å². The van der Waals surface area contributed by atoms with Crippen molar-refractivity contribution < 1.29 is 13.9 Å². The van der Waals surface area contributed by atoms with Gasteiger partial charge in [0.25, 0.3) is 5.91 Å². The Balaban J connectivity index is 1.86. The number of anilines is 1. The second-order valence-corrected chi connectivity index (χ2v) is 4.48. The minimum absolute atomic E-state index is 0.108. The number of halogens is 1. The number of carbonyl (C=O) groups excluding carboxylic acids is 1. The number of aromatic nitrogens is 5. The summed E-state index contributed by atoms with van der Waals surface area (Å²) in [7, 11) is 1.47. The number of hydrogen-bond donors (Lipinski definition) is 1. The molecule has 0 unspecified atom stereocenters. The fraction of sp³-hybridized carbons (Fsp3) is 0.0714. The highest BCUT2D eigenvalue weighted by Gasteiger charge is 2.12. The third kappa shape index (κ3) is 3.12. The molecule has 8 nitrogen and oxygen atoms in total. The molecule has 23 heavy (non-hydrogen) atoms. The maximum absolute atomic E-state index is 13.1. The van der Waals surface area contributed by atoms with Gasteiger partial charge in [0.2, 0.25) is 0 Å². The molecule has 0 fully saturated rings. The lowest BCUT2D eigenvalue weighted by atomic mass is 10.2. The van der Waals surface area contributed by atoms with Gasteiger partial charge in [-0.05, 0) is 28.6 Å². The quantitative estimate of drug-likeness (QED) is 0.783. The predicted octanol–water partition coefficient (Wildman–Crippen LogP) is 1.46. The van der Waals surface area contributed by atoms with E-state index in [0.717, 1.165) is 12.3 Å². The molecule has 0 atom stereocenters. The van der Waals surface area contributed by atoms with Crippen molar-refractivity contribution in [1.82, 2.24) is 25.2 Å². The molecule has 0 aliphatic heterocycles. The van der Waals surface area contributed by atoms with Crippen molar-refractivity contribution in [3.05, 3.63) is 54.4 Å². The van der Waals surface area contributed by atoms with Crippen LogP contribution in [0.3, 0.4) is 0 Å². The number of methoxy groups -OCH3 is 1. The molecule has 1 N–H and O–H groups in total. The van der Waals surface area contributed by atoms with Gasteiger partial charge < -0.3 is 10.1 Å². The Hall–Kier alpha value is -3.36. The Morgan fingerprint density at radius 3 is 2.87 bits per heavy atom. The van der Waals surface area contributed by atoms with Gasteiger partial charge in [0.05, 0.1) is 30.2 Å². The van der Waals surface area contributed by atoms with Crippen LogP contribution in [-0.2, 0) is 0 Å². The monoisotopic (exact) mass is 314 g/mol. The number of hydrogen-bond acceptors (Lipinski definition) is 6. The summed E-state index contributed by atoms with van der Waals surface area (Å²) in [6.45, 7) is 0. The predicted molar refractivity (Wildman–Crippen MR) is 77.9 cm³/mol. The van der Waals surface area contributed by atoms with Gasteiger partial charge in [0.15, 0.2) is 0 Å². The van der Waals surface area contributed by atoms with Crippen molar-refractivity contribution in [2.45, 2.75) is 0 Å². The number of nitrogens with one attached hydrogen (secondary N) is 1. The average Bonchev–Trinajstić information content (AvgIpc) is 3.09. The molecule has 0 aliphatic carbocycles. The number of carbonyl (C=O) groups is 1. The number of benzene rings is 1. The molecule has 1 amide bonds. The molecule has 2 heterocycles. The van der Waals surface area contributed by atoms with Crippen LogP contribution in [0.5, 0.6) is 5.75 Å². The molecule has 3 rings (SSSR count). The van der Waals surface area contributed by atoms with E-state index in [-0.39, 0.29) is 5.56 Å². The van der Waals surface area contributed by atoms with E-state index in [1.54, 1.807) is 18.2 Å². The standard InChI is InChI=1S/C14H11FN6O2/c1-23-13-5-11(21-8-17-19-20-21)2-3-12(13)18-14(22)9-4-10(15)7-16-6-9/h2-8H,1H3,(H,18,22). The first-order valence-electron chi connectivity index (χ1n) is 6.50. The molecule has 0 bridgehead atoms. The Morgan fingerprint density at radius 1 is 1.30 bits per heavy atom. The van der Waals surface area contributed by atoms with Gasteiger partial charge in [0.1, 0.15) is 17.9 Å². The fourth-order valence-corrected chi connectivity index (χ4v) is 1.94. The fourth-order valence-electron chi connectivity index (χ4n) is 1.94. The van der Waals surface area contributed by atoms with Gasteiger partial charge in [-0.1, -0.05) is 0 Å². The highest BCUT2D eigenvalue weighted by atomic mass is 19.1. The van der Waals surface area contributed by atoms with Crippen LogP contribution in [0.25, 0.3) is 5.69 Å². The summed E-state index contributed by atoms with van der Waals surface area (Å²) in [6, 6.07) is 6.11. The van der Waals surface area contributed by atoms with E-state index >= 15 is 0 Å². The van der Waals surface area contributed by atoms with Crippen LogP contribution in [-0.4, -0.2) is 38.2 Å². The smallest absolute Gasteiger partial charge is 0.257 e. The summed E-state index contributed by atoms with van der Waals surface area (Å²) in [5.41, 5.74) is 1.20. The molecule has 0 radical (unpaired) electrons. The molecule has 0 saturated heterocycles. The van der Waals surface area contributed by atoms with Crippen LogP contribution >= 0.6 is 0 Å². The van der Waals surface area contributed by atoms with Gasteiger partial charge in [-0.3, -0.25) is 9.78 Å². The molecule has 3 aromatic rings. The van der Waals surface area contributed by atoms with E-state index in [1.165, 1.54) is 24.3 Å². The van der Waals surface area contributed by atoms with Crippen molar-refractivity contribution in [3.63, 3.8) is 0 Å². The van der Waals surface area contributed by atoms with E-state index in [0.29, 0.717) is 17.1 Å². The summed E-state index contributed by atoms with van der Waals surface area (Å²) < 4.78 is 19.8. The van der Waals surface area contributed by atoms with Crippen LogP contribution in [0.1, 0.15) is 10.4 Å². The second-order valence-electron chi connectivity index (χ2n) is 4.48. The van der Waals surface area contributed by atoms with E-state index in [4.69, 9.17) is 4.74 Å². The topological polar surface area (TPSA) is 94.8 Å². The molecule has 1 aromatic carbocycles. The molecular weight excluding hydrogens is 303 g/mol. The lowest BCUT2D eigenvalue weighted by molar-refractivity contribution is 0.102. The first kappa shape index (κ1) is 14.6. The number of ether oxygens (including phenoxy) is 1. The highest BCUT2D eigenvalue weighted by Crippen LogP contribution is 2.27. The van der Waals surface area contributed by atoms with E-state index in [1.807, 2.05) is 0 Å². The third-order valence-corrected chi connectivity index (χ3v) is 3.01. The molecular formula is C14H11FN6O2. The maximum Gasteiger partial charge on any atom is 0.257 e. The summed E-state index contributed by atoms with van der Waals surface area (Å²) in [4.78, 5) is 15.8. The van der Waals surface area contributed by atoms with Crippen molar-refractivity contribution in [2.75, 3.05) is 12.4 Å². The average molecular weight is 314 g/mol. The van der Waals surface area contributed by atoms with Gasteiger partial charge in [-0.25, -0.2) is 9.07 Å². The first-order chi connectivity index (χ1) is 11.2. The van der Waals surface area contributed by atoms with Crippen LogP contribution < -0.4 is 10.1 Å². The minimum Gasteiger partial charge on any atom is -0.494 e. The van der Waals surface area contributed by atoms with Crippen molar-refractivity contribution in [1.29, 1.82) is 0 Å². The van der Waals surface area contributed by atoms with Crippen LogP contribution in [0, 0.1) is 5.82 Å². The molecule has 0 saturated carbocycles. The first-order valence-corrected chi connectivity index (χ1v) is 6.50. The number of amides is 1. The summed E-state index contributed by atoms with van der Waals surface area (Å²) >= 11 is 0. The molecule has 9 heteroatoms. The minimum atomic E-state index is -0.585. The zero-order chi connectivity index (χ0) is 16.2. The van der Waals surface area contributed by atoms with Gasteiger partial charge >= 0.3 is 0 Å². The Morgan fingerprint density at radius 2 is 2.17 bits per heavy atom. The lowest BCUT2D eigenvalue weighted by Gasteiger charge is -2.11. The number of nitrogens with zero attached hydrogens (tertiary/aromatic N) is 5. The lowest BCUT2D eigenvalue weighted by Crippen LogP contribution is -2.13. The Labute approximate surface area is 129 Å². The van der Waals surface area contributed by atoms with E-state index in [9.17, 15) is 9.18 Å². The van der Waals surface area contributed by atoms with Crippen molar-refractivity contribution >= 4 is 11.6 Å². The number of pyridine rings is 1. The summed E-state index contributed by atoms with van der Waals surface area (Å²) in [5, 5.41) is 13.5. The molecule has 116 valence electrons. The van der Waals surface area contributed by atoms with E-state index < -0.39 is 11.7 Å². The van der Waals surface area contributed by atoms with Gasteiger partial charge in [0, 0.05) is 12.3 Å². The van der Waals surface area contributed by atoms with Crippen molar-refractivity contribution in [3.8, 4) is 11.4 Å². The third-order valence-electron chi connectivity index (χ3n) is 3.01. The van der Waals surface area contributed by atoms with E-state index in [2.05, 4.69) is 25.8 Å². The number of tetrazole rings is 1. The van der Waals surface area contributed by atoms with Crippen LogP contribution in [0.15, 0.2) is 43.0 Å². The zero-order valence-corrected chi connectivity index (χ0v) is 12.0. The molecule has 0 aliphatic rings.